The van der Waals surface area contributed by atoms with E-state index in [9.17, 15) is 5.11 Å². The molecule has 4 rings (SSSR count). The Kier molecular flexibility index (Phi) is 7.57. The Morgan fingerprint density at radius 3 is 1.97 bits per heavy atom. The number of benzene rings is 4. The molecule has 4 aromatic carbocycles. The zero-order valence-corrected chi connectivity index (χ0v) is 20.8. The third-order valence-electron chi connectivity index (χ3n) is 6.52. The van der Waals surface area contributed by atoms with Crippen LogP contribution in [-0.4, -0.2) is 36.2 Å². The molecule has 0 heterocycles. The Morgan fingerprint density at radius 1 is 0.765 bits per heavy atom. The van der Waals surface area contributed by atoms with Crippen molar-refractivity contribution < 1.29 is 9.84 Å². The van der Waals surface area contributed by atoms with Crippen LogP contribution < -0.4 is 4.74 Å². The normalized spacial score (nSPS) is 13.2. The lowest BCUT2D eigenvalue weighted by Gasteiger charge is -2.30. The lowest BCUT2D eigenvalue weighted by atomic mass is 9.79. The maximum atomic E-state index is 12.2. The number of halogens is 1. The summed E-state index contributed by atoms with van der Waals surface area (Å²) in [6.45, 7) is 9.94. The highest BCUT2D eigenvalue weighted by Gasteiger charge is 2.34. The number of ether oxygens (including phenoxy) is 1. The summed E-state index contributed by atoms with van der Waals surface area (Å²) in [5, 5.41) is 15.1. The van der Waals surface area contributed by atoms with Crippen LogP contribution in [0, 0.1) is 6.92 Å². The molecule has 1 N–H and O–H groups in total. The van der Waals surface area contributed by atoms with Crippen molar-refractivity contribution in [2.24, 2.45) is 0 Å². The van der Waals surface area contributed by atoms with Crippen molar-refractivity contribution >= 4 is 22.4 Å². The SMILES string of the molecule is CCN(CC)CCOc1ccc(C(O)(c2ccc(Cl)cc2)c2ccc3cc(C)ccc3c2)cc1. The molecular formula is C30H32ClNO2. The molecule has 0 saturated carbocycles. The second-order valence-corrected chi connectivity index (χ2v) is 9.12. The molecule has 0 bridgehead atoms. The Bertz CT molecular complexity index is 1230. The van der Waals surface area contributed by atoms with Crippen molar-refractivity contribution in [3.63, 3.8) is 0 Å². The minimum atomic E-state index is -1.33. The van der Waals surface area contributed by atoms with Crippen LogP contribution in [0.25, 0.3) is 10.8 Å². The van der Waals surface area contributed by atoms with Gasteiger partial charge in [0.15, 0.2) is 0 Å². The van der Waals surface area contributed by atoms with E-state index in [0.717, 1.165) is 52.8 Å². The first kappa shape index (κ1) is 24.3. The average molecular weight is 474 g/mol. The van der Waals surface area contributed by atoms with Gasteiger partial charge < -0.3 is 14.7 Å². The van der Waals surface area contributed by atoms with E-state index in [0.29, 0.717) is 11.6 Å². The summed E-state index contributed by atoms with van der Waals surface area (Å²) in [6.07, 6.45) is 0. The Morgan fingerprint density at radius 2 is 1.32 bits per heavy atom. The molecule has 0 fully saturated rings. The third kappa shape index (κ3) is 5.12. The first-order valence-electron chi connectivity index (χ1n) is 11.9. The maximum Gasteiger partial charge on any atom is 0.140 e. The average Bonchev–Trinajstić information content (AvgIpc) is 2.86. The second-order valence-electron chi connectivity index (χ2n) is 8.68. The van der Waals surface area contributed by atoms with Gasteiger partial charge in [-0.25, -0.2) is 0 Å². The van der Waals surface area contributed by atoms with Crippen LogP contribution in [0.15, 0.2) is 84.9 Å². The number of hydrogen-bond donors (Lipinski definition) is 1. The number of aryl methyl sites for hydroxylation is 1. The van der Waals surface area contributed by atoms with Crippen LogP contribution in [-0.2, 0) is 5.60 Å². The Balaban J connectivity index is 1.69. The molecule has 0 aliphatic heterocycles. The van der Waals surface area contributed by atoms with Gasteiger partial charge in [-0.2, -0.15) is 0 Å². The van der Waals surface area contributed by atoms with Gasteiger partial charge in [-0.1, -0.05) is 85.6 Å². The lowest BCUT2D eigenvalue weighted by Crippen LogP contribution is -2.29. The van der Waals surface area contributed by atoms with Crippen molar-refractivity contribution in [2.45, 2.75) is 26.4 Å². The highest BCUT2D eigenvalue weighted by atomic mass is 35.5. The highest BCUT2D eigenvalue weighted by molar-refractivity contribution is 6.30. The van der Waals surface area contributed by atoms with E-state index in [1.54, 1.807) is 0 Å². The summed E-state index contributed by atoms with van der Waals surface area (Å²) in [5.41, 5.74) is 2.23. The van der Waals surface area contributed by atoms with Gasteiger partial charge in [-0.15, -0.1) is 0 Å². The smallest absolute Gasteiger partial charge is 0.140 e. The Hall–Kier alpha value is -2.85. The predicted molar refractivity (Wildman–Crippen MR) is 142 cm³/mol. The van der Waals surface area contributed by atoms with Crippen LogP contribution in [0.5, 0.6) is 5.75 Å². The van der Waals surface area contributed by atoms with Crippen LogP contribution in [0.2, 0.25) is 5.02 Å². The van der Waals surface area contributed by atoms with Crippen molar-refractivity contribution in [1.82, 2.24) is 4.90 Å². The molecule has 34 heavy (non-hydrogen) atoms. The summed E-state index contributed by atoms with van der Waals surface area (Å²) >= 11 is 6.16. The van der Waals surface area contributed by atoms with E-state index in [2.05, 4.69) is 56.0 Å². The molecule has 0 amide bonds. The Labute approximate surface area is 207 Å². The summed E-state index contributed by atoms with van der Waals surface area (Å²) in [7, 11) is 0. The topological polar surface area (TPSA) is 32.7 Å². The fraction of sp³-hybridized carbons (Fsp3) is 0.267. The minimum Gasteiger partial charge on any atom is -0.492 e. The zero-order chi connectivity index (χ0) is 24.1. The van der Waals surface area contributed by atoms with Gasteiger partial charge >= 0.3 is 0 Å². The van der Waals surface area contributed by atoms with Crippen LogP contribution in [0.1, 0.15) is 36.1 Å². The summed E-state index contributed by atoms with van der Waals surface area (Å²) in [4.78, 5) is 2.33. The molecule has 0 aliphatic rings. The molecule has 0 radical (unpaired) electrons. The first-order chi connectivity index (χ1) is 16.4. The number of rotatable bonds is 9. The predicted octanol–water partition coefficient (Wildman–Crippen LogP) is 6.81. The molecular weight excluding hydrogens is 442 g/mol. The van der Waals surface area contributed by atoms with Gasteiger partial charge in [0.2, 0.25) is 0 Å². The number of nitrogens with zero attached hydrogens (tertiary/aromatic N) is 1. The van der Waals surface area contributed by atoms with E-state index in [-0.39, 0.29) is 0 Å². The molecule has 1 unspecified atom stereocenters. The standard InChI is InChI=1S/C30H32ClNO2/c1-4-32(5-2)18-19-34-29-16-12-26(13-17-29)30(33,25-10-14-28(31)15-11-25)27-9-8-23-20-22(3)6-7-24(23)21-27/h6-17,20-21,33H,4-5,18-19H2,1-3H3. The number of likely N-dealkylation sites (N-methyl/N-ethyl adjacent to an activating group) is 1. The van der Waals surface area contributed by atoms with Gasteiger partial charge in [0.25, 0.3) is 0 Å². The fourth-order valence-corrected chi connectivity index (χ4v) is 4.53. The highest BCUT2D eigenvalue weighted by Crippen LogP contribution is 2.39. The van der Waals surface area contributed by atoms with E-state index < -0.39 is 5.60 Å². The molecule has 4 aromatic rings. The number of aliphatic hydroxyl groups is 1. The molecule has 1 atom stereocenters. The van der Waals surface area contributed by atoms with Crippen LogP contribution >= 0.6 is 11.6 Å². The lowest BCUT2D eigenvalue weighted by molar-refractivity contribution is 0.126. The second kappa shape index (κ2) is 10.6. The van der Waals surface area contributed by atoms with E-state index in [1.165, 1.54) is 5.56 Å². The number of fused-ring (bicyclic) bond motifs is 1. The molecule has 0 aromatic heterocycles. The first-order valence-corrected chi connectivity index (χ1v) is 12.3. The molecule has 0 aliphatic carbocycles. The van der Waals surface area contributed by atoms with Gasteiger partial charge in [0.05, 0.1) is 0 Å². The van der Waals surface area contributed by atoms with E-state index in [4.69, 9.17) is 16.3 Å². The monoisotopic (exact) mass is 473 g/mol. The summed E-state index contributed by atoms with van der Waals surface area (Å²) in [6, 6.07) is 27.7. The van der Waals surface area contributed by atoms with Crippen molar-refractivity contribution in [2.75, 3.05) is 26.2 Å². The molecule has 0 spiro atoms. The molecule has 0 saturated heterocycles. The molecule has 4 heteroatoms. The molecule has 176 valence electrons. The largest absolute Gasteiger partial charge is 0.492 e. The molecule has 3 nitrogen and oxygen atoms in total. The summed E-state index contributed by atoms with van der Waals surface area (Å²) in [5.74, 6) is 0.795. The van der Waals surface area contributed by atoms with Crippen molar-refractivity contribution in [3.8, 4) is 5.75 Å². The van der Waals surface area contributed by atoms with Crippen LogP contribution in [0.3, 0.4) is 0 Å². The van der Waals surface area contributed by atoms with Gasteiger partial charge in [-0.3, -0.25) is 0 Å². The zero-order valence-electron chi connectivity index (χ0n) is 20.1. The van der Waals surface area contributed by atoms with Gasteiger partial charge in [-0.05, 0) is 77.8 Å². The van der Waals surface area contributed by atoms with Crippen molar-refractivity contribution in [1.29, 1.82) is 0 Å². The van der Waals surface area contributed by atoms with Crippen LogP contribution in [0.4, 0.5) is 0 Å². The van der Waals surface area contributed by atoms with Gasteiger partial charge in [0, 0.05) is 11.6 Å². The maximum absolute atomic E-state index is 12.2. The van der Waals surface area contributed by atoms with Gasteiger partial charge in [0.1, 0.15) is 18.0 Å². The fourth-order valence-electron chi connectivity index (χ4n) is 4.41. The number of hydrogen-bond acceptors (Lipinski definition) is 3. The minimum absolute atomic E-state index is 0.632. The van der Waals surface area contributed by atoms with E-state index >= 15 is 0 Å². The quantitative estimate of drug-likeness (QED) is 0.271. The van der Waals surface area contributed by atoms with E-state index in [1.807, 2.05) is 54.6 Å². The third-order valence-corrected chi connectivity index (χ3v) is 6.77. The van der Waals surface area contributed by atoms with Crippen molar-refractivity contribution in [3.05, 3.63) is 112 Å². The summed E-state index contributed by atoms with van der Waals surface area (Å²) < 4.78 is 5.96.